The van der Waals surface area contributed by atoms with Gasteiger partial charge in [0, 0.05) is 31.5 Å². The molecule has 1 aromatic carbocycles. The van der Waals surface area contributed by atoms with Gasteiger partial charge in [0.05, 0.1) is 0 Å². The highest BCUT2D eigenvalue weighted by molar-refractivity contribution is 5.94. The molecule has 3 amide bonds. The maximum absolute atomic E-state index is 11.8. The van der Waals surface area contributed by atoms with Crippen LogP contribution in [0.3, 0.4) is 0 Å². The molecule has 0 spiro atoms. The number of carbonyl (C=O) groups excluding carboxylic acids is 2. The Balaban J connectivity index is 1.89. The van der Waals surface area contributed by atoms with Crippen LogP contribution in [0.25, 0.3) is 0 Å². The van der Waals surface area contributed by atoms with Crippen molar-refractivity contribution in [1.29, 1.82) is 0 Å². The summed E-state index contributed by atoms with van der Waals surface area (Å²) < 4.78 is 0. The highest BCUT2D eigenvalue weighted by Crippen LogP contribution is 2.11. The lowest BCUT2D eigenvalue weighted by atomic mass is 10.3. The molecule has 0 aliphatic carbocycles. The van der Waals surface area contributed by atoms with E-state index < -0.39 is 0 Å². The van der Waals surface area contributed by atoms with E-state index in [1.54, 1.807) is 36.2 Å². The monoisotopic (exact) mass is 248 g/mol. The molecule has 0 radical (unpaired) electrons. The fraction of sp³-hybridized carbons (Fsp3) is 0.333. The second kappa shape index (κ2) is 4.95. The van der Waals surface area contributed by atoms with Crippen molar-refractivity contribution in [3.05, 3.63) is 24.3 Å². The van der Waals surface area contributed by atoms with Gasteiger partial charge in [0.1, 0.15) is 6.54 Å². The first-order valence-corrected chi connectivity index (χ1v) is 5.71. The number of benzene rings is 1. The predicted octanol–water partition coefficient (Wildman–Crippen LogP) is 0.575. The number of nitrogens with one attached hydrogen (secondary N) is 1. The Kier molecular flexibility index (Phi) is 3.36. The molecular weight excluding hydrogens is 232 g/mol. The number of urea groups is 1. The van der Waals surface area contributed by atoms with Crippen LogP contribution in [0.15, 0.2) is 24.3 Å². The van der Waals surface area contributed by atoms with Crippen LogP contribution >= 0.6 is 0 Å². The summed E-state index contributed by atoms with van der Waals surface area (Å²) in [5.41, 5.74) is 6.87. The number of hydrogen-bond acceptors (Lipinski definition) is 3. The van der Waals surface area contributed by atoms with E-state index in [-0.39, 0.29) is 18.5 Å². The van der Waals surface area contributed by atoms with Gasteiger partial charge in [-0.3, -0.25) is 4.79 Å². The molecule has 0 aromatic heterocycles. The van der Waals surface area contributed by atoms with Gasteiger partial charge in [-0.1, -0.05) is 0 Å². The molecule has 1 aromatic rings. The molecule has 0 bridgehead atoms. The van der Waals surface area contributed by atoms with Crippen LogP contribution in [0.1, 0.15) is 0 Å². The number of nitrogens with two attached hydrogens (primary N) is 1. The molecule has 96 valence electrons. The zero-order chi connectivity index (χ0) is 13.1. The Labute approximate surface area is 105 Å². The third kappa shape index (κ3) is 2.71. The van der Waals surface area contributed by atoms with Crippen LogP contribution in [0, 0.1) is 0 Å². The molecule has 1 fully saturated rings. The van der Waals surface area contributed by atoms with Gasteiger partial charge in [0.15, 0.2) is 0 Å². The second-order valence-electron chi connectivity index (χ2n) is 4.30. The van der Waals surface area contributed by atoms with E-state index in [1.807, 2.05) is 0 Å². The normalized spacial score (nSPS) is 15.1. The molecule has 0 atom stereocenters. The Morgan fingerprint density at radius 1 is 1.33 bits per heavy atom. The van der Waals surface area contributed by atoms with E-state index in [9.17, 15) is 9.59 Å². The molecule has 18 heavy (non-hydrogen) atoms. The minimum absolute atomic E-state index is 0.0769. The summed E-state index contributed by atoms with van der Waals surface area (Å²) in [6.07, 6.45) is 0. The second-order valence-corrected chi connectivity index (χ2v) is 4.30. The van der Waals surface area contributed by atoms with Crippen molar-refractivity contribution in [1.82, 2.24) is 9.80 Å². The van der Waals surface area contributed by atoms with Gasteiger partial charge in [-0.2, -0.15) is 0 Å². The summed E-state index contributed by atoms with van der Waals surface area (Å²) in [7, 11) is 1.72. The summed E-state index contributed by atoms with van der Waals surface area (Å²) in [6, 6.07) is 6.77. The molecule has 2 rings (SSSR count). The first kappa shape index (κ1) is 12.2. The quantitative estimate of drug-likeness (QED) is 0.768. The topological polar surface area (TPSA) is 78.7 Å². The van der Waals surface area contributed by atoms with Crippen molar-refractivity contribution in [2.45, 2.75) is 0 Å². The zero-order valence-electron chi connectivity index (χ0n) is 10.2. The van der Waals surface area contributed by atoms with Crippen molar-refractivity contribution in [3.63, 3.8) is 0 Å². The number of likely N-dealkylation sites (N-methyl/N-ethyl adjacent to an activating group) is 1. The summed E-state index contributed by atoms with van der Waals surface area (Å²) in [5, 5.41) is 2.72. The standard InChI is InChI=1S/C12H16N4O2/c1-15-6-7-16(12(15)18)8-11(17)14-10-4-2-9(13)3-5-10/h2-5H,6-8,13H2,1H3,(H,14,17). The third-order valence-electron chi connectivity index (χ3n) is 2.83. The van der Waals surface area contributed by atoms with Gasteiger partial charge in [-0.05, 0) is 24.3 Å². The van der Waals surface area contributed by atoms with Crippen molar-refractivity contribution in [2.75, 3.05) is 37.7 Å². The number of nitrogen functional groups attached to an aromatic ring is 1. The molecule has 6 nitrogen and oxygen atoms in total. The van der Waals surface area contributed by atoms with Crippen LogP contribution in [0.4, 0.5) is 16.2 Å². The average molecular weight is 248 g/mol. The smallest absolute Gasteiger partial charge is 0.320 e. The van der Waals surface area contributed by atoms with Crippen LogP contribution < -0.4 is 11.1 Å². The van der Waals surface area contributed by atoms with E-state index in [2.05, 4.69) is 5.32 Å². The van der Waals surface area contributed by atoms with Crippen molar-refractivity contribution in [3.8, 4) is 0 Å². The molecule has 6 heteroatoms. The Morgan fingerprint density at radius 3 is 2.56 bits per heavy atom. The molecule has 1 heterocycles. The minimum Gasteiger partial charge on any atom is -0.399 e. The van der Waals surface area contributed by atoms with Crippen molar-refractivity contribution in [2.24, 2.45) is 0 Å². The minimum atomic E-state index is -0.205. The largest absolute Gasteiger partial charge is 0.399 e. The number of anilines is 2. The number of nitrogens with zero attached hydrogens (tertiary/aromatic N) is 2. The Hall–Kier alpha value is -2.24. The van der Waals surface area contributed by atoms with E-state index in [0.29, 0.717) is 24.5 Å². The SMILES string of the molecule is CN1CCN(CC(=O)Nc2ccc(N)cc2)C1=O. The molecule has 1 aliphatic heterocycles. The van der Waals surface area contributed by atoms with Crippen LogP contribution in [0.5, 0.6) is 0 Å². The molecule has 0 unspecified atom stereocenters. The van der Waals surface area contributed by atoms with Gasteiger partial charge in [-0.15, -0.1) is 0 Å². The number of rotatable bonds is 3. The lowest BCUT2D eigenvalue weighted by Gasteiger charge is -2.15. The molecule has 3 N–H and O–H groups in total. The lowest BCUT2D eigenvalue weighted by Crippen LogP contribution is -2.36. The maximum Gasteiger partial charge on any atom is 0.320 e. The molecule has 0 saturated carbocycles. The van der Waals surface area contributed by atoms with Crippen molar-refractivity contribution < 1.29 is 9.59 Å². The van der Waals surface area contributed by atoms with Gasteiger partial charge in [-0.25, -0.2) is 4.79 Å². The molecule has 1 saturated heterocycles. The summed E-state index contributed by atoms with van der Waals surface area (Å²) in [6.45, 7) is 1.33. The predicted molar refractivity (Wildman–Crippen MR) is 69.1 cm³/mol. The maximum atomic E-state index is 11.8. The van der Waals surface area contributed by atoms with Crippen LogP contribution in [-0.4, -0.2) is 48.4 Å². The molecule has 1 aliphatic rings. The summed E-state index contributed by atoms with van der Waals surface area (Å²) >= 11 is 0. The number of hydrogen-bond donors (Lipinski definition) is 2. The van der Waals surface area contributed by atoms with E-state index in [4.69, 9.17) is 5.73 Å². The highest BCUT2D eigenvalue weighted by atomic mass is 16.2. The van der Waals surface area contributed by atoms with Gasteiger partial charge in [0.2, 0.25) is 5.91 Å². The Bertz CT molecular complexity index is 458. The van der Waals surface area contributed by atoms with E-state index in [1.165, 1.54) is 4.90 Å². The fourth-order valence-corrected chi connectivity index (χ4v) is 1.79. The highest BCUT2D eigenvalue weighted by Gasteiger charge is 2.26. The van der Waals surface area contributed by atoms with Gasteiger partial charge < -0.3 is 20.9 Å². The van der Waals surface area contributed by atoms with E-state index in [0.717, 1.165) is 0 Å². The van der Waals surface area contributed by atoms with Gasteiger partial charge >= 0.3 is 6.03 Å². The van der Waals surface area contributed by atoms with Crippen LogP contribution in [-0.2, 0) is 4.79 Å². The summed E-state index contributed by atoms with van der Waals surface area (Å²) in [4.78, 5) is 26.5. The van der Waals surface area contributed by atoms with Crippen LogP contribution in [0.2, 0.25) is 0 Å². The van der Waals surface area contributed by atoms with E-state index >= 15 is 0 Å². The molecular formula is C12H16N4O2. The van der Waals surface area contributed by atoms with Crippen molar-refractivity contribution >= 4 is 23.3 Å². The first-order chi connectivity index (χ1) is 8.56. The summed E-state index contributed by atoms with van der Waals surface area (Å²) in [5.74, 6) is -0.205. The number of carbonyl (C=O) groups is 2. The number of amides is 3. The lowest BCUT2D eigenvalue weighted by molar-refractivity contribution is -0.116. The Morgan fingerprint density at radius 2 is 2.00 bits per heavy atom. The first-order valence-electron chi connectivity index (χ1n) is 5.71. The zero-order valence-corrected chi connectivity index (χ0v) is 10.2. The third-order valence-corrected chi connectivity index (χ3v) is 2.83. The van der Waals surface area contributed by atoms with Gasteiger partial charge in [0.25, 0.3) is 0 Å². The average Bonchev–Trinajstić information content (AvgIpc) is 2.64. The fourth-order valence-electron chi connectivity index (χ4n) is 1.79.